The molecule has 0 radical (unpaired) electrons. The van der Waals surface area contributed by atoms with Gasteiger partial charge in [-0.25, -0.2) is 0 Å². The zero-order chi connectivity index (χ0) is 15.5. The van der Waals surface area contributed by atoms with Crippen LogP contribution in [0.25, 0.3) is 0 Å². The molecule has 0 unspecified atom stereocenters. The molecule has 0 spiro atoms. The maximum atomic E-state index is 12.8. The van der Waals surface area contributed by atoms with Gasteiger partial charge in [0.2, 0.25) is 0 Å². The first-order valence-electron chi connectivity index (χ1n) is 5.78. The summed E-state index contributed by atoms with van der Waals surface area (Å²) in [6, 6.07) is 9.88. The fourth-order valence-electron chi connectivity index (χ4n) is 1.60. The number of hydrazone groups is 1. The van der Waals surface area contributed by atoms with Crippen molar-refractivity contribution in [2.45, 2.75) is 6.18 Å². The summed E-state index contributed by atoms with van der Waals surface area (Å²) in [7, 11) is 0. The molecule has 2 aromatic carbocycles. The summed E-state index contributed by atoms with van der Waals surface area (Å²) in [6.45, 7) is 0. The number of halogens is 5. The number of rotatable bonds is 3. The number of nitrogens with one attached hydrogen (secondary N) is 1. The van der Waals surface area contributed by atoms with E-state index in [9.17, 15) is 13.2 Å². The Morgan fingerprint density at radius 2 is 1.71 bits per heavy atom. The highest BCUT2D eigenvalue weighted by atomic mass is 35.5. The quantitative estimate of drug-likeness (QED) is 0.585. The van der Waals surface area contributed by atoms with Gasteiger partial charge in [0.1, 0.15) is 0 Å². The molecule has 110 valence electrons. The largest absolute Gasteiger partial charge is 0.418 e. The minimum Gasteiger partial charge on any atom is -0.278 e. The highest BCUT2D eigenvalue weighted by Gasteiger charge is 2.33. The van der Waals surface area contributed by atoms with Crippen LogP contribution in [-0.4, -0.2) is 6.21 Å². The molecule has 0 aliphatic carbocycles. The lowest BCUT2D eigenvalue weighted by molar-refractivity contribution is -0.136. The van der Waals surface area contributed by atoms with Gasteiger partial charge in [-0.15, -0.1) is 0 Å². The van der Waals surface area contributed by atoms with Gasteiger partial charge in [-0.2, -0.15) is 18.3 Å². The molecule has 1 N–H and O–H groups in total. The lowest BCUT2D eigenvalue weighted by atomic mass is 10.2. The first-order valence-corrected chi connectivity index (χ1v) is 6.54. The van der Waals surface area contributed by atoms with Crippen molar-refractivity contribution < 1.29 is 13.2 Å². The third kappa shape index (κ3) is 4.12. The van der Waals surface area contributed by atoms with Crippen LogP contribution >= 0.6 is 23.2 Å². The van der Waals surface area contributed by atoms with Crippen molar-refractivity contribution in [1.29, 1.82) is 0 Å². The van der Waals surface area contributed by atoms with Gasteiger partial charge in [-0.1, -0.05) is 41.4 Å². The van der Waals surface area contributed by atoms with E-state index < -0.39 is 11.7 Å². The zero-order valence-corrected chi connectivity index (χ0v) is 12.0. The maximum Gasteiger partial charge on any atom is 0.418 e. The first kappa shape index (κ1) is 15.7. The van der Waals surface area contributed by atoms with Crippen LogP contribution in [0.4, 0.5) is 18.9 Å². The molecule has 0 aromatic heterocycles. The molecular formula is C14H9Cl2F3N2. The van der Waals surface area contributed by atoms with Crippen LogP contribution in [0.15, 0.2) is 47.6 Å². The lowest BCUT2D eigenvalue weighted by Crippen LogP contribution is -2.08. The van der Waals surface area contributed by atoms with E-state index in [-0.39, 0.29) is 5.69 Å². The van der Waals surface area contributed by atoms with E-state index in [2.05, 4.69) is 10.5 Å². The van der Waals surface area contributed by atoms with Crippen molar-refractivity contribution >= 4 is 35.1 Å². The number of anilines is 1. The van der Waals surface area contributed by atoms with Gasteiger partial charge in [-0.05, 0) is 29.8 Å². The minimum absolute atomic E-state index is 0.124. The second kappa shape index (κ2) is 6.37. The Balaban J connectivity index is 2.16. The van der Waals surface area contributed by atoms with Crippen molar-refractivity contribution in [3.63, 3.8) is 0 Å². The summed E-state index contributed by atoms with van der Waals surface area (Å²) in [5.74, 6) is 0. The molecule has 0 bridgehead atoms. The van der Waals surface area contributed by atoms with Crippen molar-refractivity contribution in [1.82, 2.24) is 0 Å². The summed E-state index contributed by atoms with van der Waals surface area (Å²) in [4.78, 5) is 0. The molecule has 0 atom stereocenters. The number of para-hydroxylation sites is 1. The Morgan fingerprint density at radius 3 is 2.38 bits per heavy atom. The average Bonchev–Trinajstić information content (AvgIpc) is 2.42. The molecule has 21 heavy (non-hydrogen) atoms. The summed E-state index contributed by atoms with van der Waals surface area (Å²) in [6.07, 6.45) is -3.09. The zero-order valence-electron chi connectivity index (χ0n) is 10.5. The topological polar surface area (TPSA) is 24.4 Å². The SMILES string of the molecule is FC(F)(F)c1ccccc1NN=Cc1ccc(Cl)c(Cl)c1. The van der Waals surface area contributed by atoms with E-state index in [1.165, 1.54) is 24.4 Å². The van der Waals surface area contributed by atoms with Gasteiger partial charge < -0.3 is 0 Å². The van der Waals surface area contributed by atoms with Crippen LogP contribution in [0.1, 0.15) is 11.1 Å². The molecule has 0 aliphatic heterocycles. The van der Waals surface area contributed by atoms with Crippen molar-refractivity contribution in [3.8, 4) is 0 Å². The summed E-state index contributed by atoms with van der Waals surface area (Å²) >= 11 is 11.6. The first-order chi connectivity index (χ1) is 9.88. The molecule has 0 fully saturated rings. The van der Waals surface area contributed by atoms with Crippen molar-refractivity contribution in [2.75, 3.05) is 5.43 Å². The molecular weight excluding hydrogens is 324 g/mol. The second-order valence-electron chi connectivity index (χ2n) is 4.09. The Bertz CT molecular complexity index is 670. The molecule has 7 heteroatoms. The normalized spacial score (nSPS) is 11.9. The predicted molar refractivity (Wildman–Crippen MR) is 79.1 cm³/mol. The number of benzene rings is 2. The van der Waals surface area contributed by atoms with Gasteiger partial charge >= 0.3 is 6.18 Å². The van der Waals surface area contributed by atoms with E-state index in [0.717, 1.165) is 6.07 Å². The van der Waals surface area contributed by atoms with Gasteiger partial charge in [0.15, 0.2) is 0 Å². The second-order valence-corrected chi connectivity index (χ2v) is 4.90. The Kier molecular flexibility index (Phi) is 4.75. The third-order valence-electron chi connectivity index (χ3n) is 2.57. The summed E-state index contributed by atoms with van der Waals surface area (Å²) in [5.41, 5.74) is 2.08. The Hall–Kier alpha value is -1.72. The number of hydrogen-bond acceptors (Lipinski definition) is 2. The van der Waals surface area contributed by atoms with Crippen LogP contribution in [0.2, 0.25) is 10.0 Å². The Morgan fingerprint density at radius 1 is 1.00 bits per heavy atom. The van der Waals surface area contributed by atoms with Gasteiger partial charge in [0.05, 0.1) is 27.5 Å². The summed E-state index contributed by atoms with van der Waals surface area (Å²) < 4.78 is 38.3. The predicted octanol–water partition coefficient (Wildman–Crippen LogP) is 5.46. The van der Waals surface area contributed by atoms with E-state index in [1.54, 1.807) is 18.2 Å². The smallest absolute Gasteiger partial charge is 0.278 e. The van der Waals surface area contributed by atoms with E-state index in [1.807, 2.05) is 0 Å². The maximum absolute atomic E-state index is 12.8. The third-order valence-corrected chi connectivity index (χ3v) is 3.31. The standard InChI is InChI=1S/C14H9Cl2F3N2/c15-11-6-5-9(7-12(11)16)8-20-21-13-4-2-1-3-10(13)14(17,18)19/h1-8,21H. The molecule has 0 aliphatic rings. The van der Waals surface area contributed by atoms with Crippen molar-refractivity contribution in [2.24, 2.45) is 5.10 Å². The van der Waals surface area contributed by atoms with Crippen molar-refractivity contribution in [3.05, 3.63) is 63.6 Å². The molecule has 0 saturated carbocycles. The van der Waals surface area contributed by atoms with Crippen LogP contribution in [0.3, 0.4) is 0 Å². The van der Waals surface area contributed by atoms with Crippen LogP contribution in [-0.2, 0) is 6.18 Å². The molecule has 2 nitrogen and oxygen atoms in total. The van der Waals surface area contributed by atoms with Crippen LogP contribution in [0.5, 0.6) is 0 Å². The molecule has 0 heterocycles. The number of alkyl halides is 3. The highest BCUT2D eigenvalue weighted by Crippen LogP contribution is 2.34. The van der Waals surface area contributed by atoms with E-state index in [4.69, 9.17) is 23.2 Å². The summed E-state index contributed by atoms with van der Waals surface area (Å²) in [5, 5.41) is 4.52. The number of hydrogen-bond donors (Lipinski definition) is 1. The lowest BCUT2D eigenvalue weighted by Gasteiger charge is -2.11. The molecule has 0 saturated heterocycles. The van der Waals surface area contributed by atoms with E-state index in [0.29, 0.717) is 15.6 Å². The molecule has 0 amide bonds. The molecule has 2 rings (SSSR count). The van der Waals surface area contributed by atoms with E-state index >= 15 is 0 Å². The minimum atomic E-state index is -4.44. The fraction of sp³-hybridized carbons (Fsp3) is 0.0714. The average molecular weight is 333 g/mol. The van der Waals surface area contributed by atoms with Gasteiger partial charge in [0.25, 0.3) is 0 Å². The van der Waals surface area contributed by atoms with Gasteiger partial charge in [-0.3, -0.25) is 5.43 Å². The number of nitrogens with zero attached hydrogens (tertiary/aromatic N) is 1. The van der Waals surface area contributed by atoms with Crippen LogP contribution in [0, 0.1) is 0 Å². The fourth-order valence-corrected chi connectivity index (χ4v) is 1.90. The van der Waals surface area contributed by atoms with Crippen LogP contribution < -0.4 is 5.43 Å². The Labute approximate surface area is 129 Å². The van der Waals surface area contributed by atoms with Gasteiger partial charge in [0, 0.05) is 0 Å². The molecule has 2 aromatic rings. The highest BCUT2D eigenvalue weighted by molar-refractivity contribution is 6.42. The monoisotopic (exact) mass is 332 g/mol.